The molecule has 2 aliphatic heterocycles. The molecule has 0 radical (unpaired) electrons. The Morgan fingerprint density at radius 1 is 1.17 bits per heavy atom. The molecule has 5 heteroatoms. The highest BCUT2D eigenvalue weighted by Crippen LogP contribution is 2.47. The van der Waals surface area contributed by atoms with Crippen LogP contribution >= 0.6 is 0 Å². The van der Waals surface area contributed by atoms with Crippen molar-refractivity contribution in [2.75, 3.05) is 26.3 Å². The Morgan fingerprint density at radius 3 is 2.38 bits per heavy atom. The molecule has 0 fully saturated rings. The summed E-state index contributed by atoms with van der Waals surface area (Å²) in [6, 6.07) is 3.95. The van der Waals surface area contributed by atoms with E-state index in [1.807, 2.05) is 30.9 Å². The molecule has 1 unspecified atom stereocenters. The quantitative estimate of drug-likeness (QED) is 0.833. The molecule has 1 atom stereocenters. The van der Waals surface area contributed by atoms with Crippen LogP contribution in [0.2, 0.25) is 0 Å². The number of rotatable bonds is 7. The average Bonchev–Trinajstić information content (AvgIpc) is 3.14. The van der Waals surface area contributed by atoms with Gasteiger partial charge in [0.1, 0.15) is 5.84 Å². The van der Waals surface area contributed by atoms with Gasteiger partial charge in [0.2, 0.25) is 0 Å². The van der Waals surface area contributed by atoms with Gasteiger partial charge in [0.15, 0.2) is 17.2 Å². The summed E-state index contributed by atoms with van der Waals surface area (Å²) in [4.78, 5) is 6.64. The number of benzene rings is 1. The van der Waals surface area contributed by atoms with Crippen molar-refractivity contribution in [3.8, 4) is 11.5 Å². The monoisotopic (exact) mass is 332 g/mol. The minimum absolute atomic E-state index is 0.0449. The van der Waals surface area contributed by atoms with E-state index in [9.17, 15) is 5.11 Å². The van der Waals surface area contributed by atoms with Gasteiger partial charge in [-0.05, 0) is 25.0 Å². The zero-order chi connectivity index (χ0) is 17.3. The predicted octanol–water partition coefficient (Wildman–Crippen LogP) is 3.14. The molecule has 5 nitrogen and oxygen atoms in total. The van der Waals surface area contributed by atoms with Gasteiger partial charge in [0.05, 0.1) is 19.8 Å². The SMILES string of the molecule is CCCOc1cc2c(cc1OCCC)C(O)(C(C)C)N1CCN=C21. The fourth-order valence-corrected chi connectivity index (χ4v) is 3.48. The van der Waals surface area contributed by atoms with Gasteiger partial charge in [-0.15, -0.1) is 0 Å². The molecule has 1 N–H and O–H groups in total. The van der Waals surface area contributed by atoms with Crippen LogP contribution < -0.4 is 9.47 Å². The lowest BCUT2D eigenvalue weighted by atomic mass is 9.90. The molecule has 24 heavy (non-hydrogen) atoms. The number of amidine groups is 1. The summed E-state index contributed by atoms with van der Waals surface area (Å²) in [7, 11) is 0. The Hall–Kier alpha value is -1.75. The Balaban J connectivity index is 2.10. The van der Waals surface area contributed by atoms with Gasteiger partial charge in [-0.2, -0.15) is 0 Å². The summed E-state index contributed by atoms with van der Waals surface area (Å²) in [6.45, 7) is 11.0. The highest BCUT2D eigenvalue weighted by molar-refractivity contribution is 6.05. The molecule has 0 bridgehead atoms. The van der Waals surface area contributed by atoms with Crippen molar-refractivity contribution in [1.29, 1.82) is 0 Å². The lowest BCUT2D eigenvalue weighted by Crippen LogP contribution is -2.46. The maximum absolute atomic E-state index is 11.5. The van der Waals surface area contributed by atoms with E-state index in [-0.39, 0.29) is 5.92 Å². The van der Waals surface area contributed by atoms with Crippen LogP contribution in [0.15, 0.2) is 17.1 Å². The molecule has 0 saturated heterocycles. The molecule has 2 aliphatic rings. The first-order chi connectivity index (χ1) is 11.5. The Bertz CT molecular complexity index is 642. The van der Waals surface area contributed by atoms with E-state index in [2.05, 4.69) is 18.8 Å². The van der Waals surface area contributed by atoms with Crippen LogP contribution in [0.1, 0.15) is 51.7 Å². The third kappa shape index (κ3) is 2.55. The summed E-state index contributed by atoms with van der Waals surface area (Å²) in [5.41, 5.74) is 0.822. The van der Waals surface area contributed by atoms with E-state index in [1.54, 1.807) is 0 Å². The van der Waals surface area contributed by atoms with Crippen molar-refractivity contribution < 1.29 is 14.6 Å². The highest BCUT2D eigenvalue weighted by Gasteiger charge is 2.51. The lowest BCUT2D eigenvalue weighted by molar-refractivity contribution is -0.103. The van der Waals surface area contributed by atoms with Crippen molar-refractivity contribution in [3.63, 3.8) is 0 Å². The summed E-state index contributed by atoms with van der Waals surface area (Å²) < 4.78 is 11.8. The minimum atomic E-state index is -1.03. The molecule has 2 heterocycles. The highest BCUT2D eigenvalue weighted by atomic mass is 16.5. The van der Waals surface area contributed by atoms with Gasteiger partial charge in [-0.25, -0.2) is 0 Å². The topological polar surface area (TPSA) is 54.3 Å². The number of fused-ring (bicyclic) bond motifs is 3. The van der Waals surface area contributed by atoms with E-state index >= 15 is 0 Å². The van der Waals surface area contributed by atoms with E-state index in [4.69, 9.17) is 9.47 Å². The molecule has 0 saturated carbocycles. The molecule has 0 aromatic heterocycles. The summed E-state index contributed by atoms with van der Waals surface area (Å²) >= 11 is 0. The fourth-order valence-electron chi connectivity index (χ4n) is 3.48. The molecule has 0 aliphatic carbocycles. The zero-order valence-electron chi connectivity index (χ0n) is 15.1. The number of hydrogen-bond donors (Lipinski definition) is 1. The first-order valence-corrected chi connectivity index (χ1v) is 9.02. The normalized spacial score (nSPS) is 21.8. The summed E-state index contributed by atoms with van der Waals surface area (Å²) in [5.74, 6) is 2.38. The summed E-state index contributed by atoms with van der Waals surface area (Å²) in [6.07, 6.45) is 1.87. The average molecular weight is 332 g/mol. The molecular weight excluding hydrogens is 304 g/mol. The standard InChI is InChI=1S/C19H28N2O3/c1-5-9-23-16-11-14-15(12-17(16)24-10-6-2)19(22,13(3)4)21-8-7-20-18(14)21/h11-13,22H,5-10H2,1-4H3. The number of aliphatic hydroxyl groups is 1. The maximum atomic E-state index is 11.5. The molecule has 132 valence electrons. The van der Waals surface area contributed by atoms with Crippen LogP contribution in [-0.2, 0) is 5.72 Å². The minimum Gasteiger partial charge on any atom is -0.490 e. The number of nitrogens with zero attached hydrogens (tertiary/aromatic N) is 2. The van der Waals surface area contributed by atoms with E-state index in [0.717, 1.165) is 48.6 Å². The zero-order valence-corrected chi connectivity index (χ0v) is 15.1. The summed E-state index contributed by atoms with van der Waals surface area (Å²) in [5, 5.41) is 11.5. The molecule has 1 aromatic carbocycles. The smallest absolute Gasteiger partial charge is 0.168 e. The lowest BCUT2D eigenvalue weighted by Gasteiger charge is -2.37. The van der Waals surface area contributed by atoms with Crippen LogP contribution in [0.5, 0.6) is 11.5 Å². The van der Waals surface area contributed by atoms with Crippen molar-refractivity contribution in [2.24, 2.45) is 10.9 Å². The molecule has 0 spiro atoms. The first kappa shape index (κ1) is 17.1. The number of aliphatic imine (C=N–C) groups is 1. The maximum Gasteiger partial charge on any atom is 0.168 e. The van der Waals surface area contributed by atoms with Crippen molar-refractivity contribution in [3.05, 3.63) is 23.3 Å². The molecular formula is C19H28N2O3. The molecule has 1 aromatic rings. The number of ether oxygens (including phenoxy) is 2. The van der Waals surface area contributed by atoms with Crippen LogP contribution in [-0.4, -0.2) is 42.1 Å². The van der Waals surface area contributed by atoms with Crippen LogP contribution in [0.25, 0.3) is 0 Å². The Labute approximate surface area is 144 Å². The van der Waals surface area contributed by atoms with Crippen LogP contribution in [0.4, 0.5) is 0 Å². The van der Waals surface area contributed by atoms with E-state index in [1.165, 1.54) is 0 Å². The third-order valence-corrected chi connectivity index (χ3v) is 4.70. The second-order valence-corrected chi connectivity index (χ2v) is 6.78. The Kier molecular flexibility index (Phi) is 4.72. The van der Waals surface area contributed by atoms with Crippen molar-refractivity contribution in [2.45, 2.75) is 46.3 Å². The fraction of sp³-hybridized carbons (Fsp3) is 0.632. The van der Waals surface area contributed by atoms with E-state index in [0.29, 0.717) is 19.0 Å². The van der Waals surface area contributed by atoms with Gasteiger partial charge in [-0.1, -0.05) is 27.7 Å². The Morgan fingerprint density at radius 2 is 1.79 bits per heavy atom. The third-order valence-electron chi connectivity index (χ3n) is 4.70. The van der Waals surface area contributed by atoms with Crippen LogP contribution in [0, 0.1) is 5.92 Å². The first-order valence-electron chi connectivity index (χ1n) is 9.02. The molecule has 0 amide bonds. The van der Waals surface area contributed by atoms with Crippen LogP contribution in [0.3, 0.4) is 0 Å². The predicted molar refractivity (Wildman–Crippen MR) is 94.9 cm³/mol. The van der Waals surface area contributed by atoms with Gasteiger partial charge >= 0.3 is 0 Å². The largest absolute Gasteiger partial charge is 0.490 e. The van der Waals surface area contributed by atoms with Gasteiger partial charge in [0, 0.05) is 23.6 Å². The van der Waals surface area contributed by atoms with E-state index < -0.39 is 5.72 Å². The van der Waals surface area contributed by atoms with Gasteiger partial charge in [0.25, 0.3) is 0 Å². The number of hydrogen-bond acceptors (Lipinski definition) is 5. The van der Waals surface area contributed by atoms with Crippen molar-refractivity contribution >= 4 is 5.84 Å². The van der Waals surface area contributed by atoms with Gasteiger partial charge in [-0.3, -0.25) is 4.99 Å². The second kappa shape index (κ2) is 6.63. The van der Waals surface area contributed by atoms with Gasteiger partial charge < -0.3 is 19.5 Å². The molecule has 3 rings (SSSR count). The van der Waals surface area contributed by atoms with Crippen molar-refractivity contribution in [1.82, 2.24) is 4.90 Å². The second-order valence-electron chi connectivity index (χ2n) is 6.78.